The van der Waals surface area contributed by atoms with Crippen molar-refractivity contribution in [2.45, 2.75) is 55.6 Å². The van der Waals surface area contributed by atoms with Gasteiger partial charge in [-0.2, -0.15) is 0 Å². The van der Waals surface area contributed by atoms with E-state index in [2.05, 4.69) is 20.0 Å². The van der Waals surface area contributed by atoms with Crippen molar-refractivity contribution in [3.8, 4) is 11.1 Å². The number of ether oxygens (including phenoxy) is 1. The number of pyridine rings is 1. The molecule has 0 unspecified atom stereocenters. The summed E-state index contributed by atoms with van der Waals surface area (Å²) >= 11 is 0. The summed E-state index contributed by atoms with van der Waals surface area (Å²) in [5, 5.41) is 18.0. The summed E-state index contributed by atoms with van der Waals surface area (Å²) in [4.78, 5) is 8.74. The van der Waals surface area contributed by atoms with Crippen LogP contribution in [0, 0.1) is 0 Å². The minimum Gasteiger partial charge on any atom is -0.393 e. The molecule has 3 aromatic heterocycles. The van der Waals surface area contributed by atoms with Crippen molar-refractivity contribution >= 4 is 21.5 Å². The van der Waals surface area contributed by atoms with Crippen molar-refractivity contribution in [1.82, 2.24) is 24.3 Å². The lowest BCUT2D eigenvalue weighted by molar-refractivity contribution is 0.121. The maximum atomic E-state index is 12.3. The van der Waals surface area contributed by atoms with E-state index in [9.17, 15) is 13.5 Å². The summed E-state index contributed by atoms with van der Waals surface area (Å²) in [6.45, 7) is 2.51. The fourth-order valence-electron chi connectivity index (χ4n) is 4.32. The molecule has 0 aromatic carbocycles. The second kappa shape index (κ2) is 9.72. The molecular weight excluding hydrogens is 444 g/mol. The van der Waals surface area contributed by atoms with Gasteiger partial charge in [0.1, 0.15) is 4.90 Å². The Hall–Kier alpha value is -2.60. The number of nitrogens with one attached hydrogen (secondary N) is 2. The van der Waals surface area contributed by atoms with Gasteiger partial charge in [0.15, 0.2) is 0 Å². The van der Waals surface area contributed by atoms with Gasteiger partial charge < -0.3 is 15.2 Å². The molecule has 1 saturated carbocycles. The second-order valence-electron chi connectivity index (χ2n) is 8.48. The maximum absolute atomic E-state index is 12.3. The highest BCUT2D eigenvalue weighted by atomic mass is 32.2. The van der Waals surface area contributed by atoms with Gasteiger partial charge in [0.2, 0.25) is 16.0 Å². The number of rotatable bonds is 8. The predicted molar refractivity (Wildman–Crippen MR) is 125 cm³/mol. The molecule has 1 aliphatic rings. The predicted octanol–water partition coefficient (Wildman–Crippen LogP) is 2.16. The topological polar surface area (TPSA) is 131 Å². The lowest BCUT2D eigenvalue weighted by Gasteiger charge is -2.25. The number of anilines is 1. The molecule has 4 rings (SSSR count). The highest BCUT2D eigenvalue weighted by Gasteiger charge is 2.26. The Kier molecular flexibility index (Phi) is 6.94. The lowest BCUT2D eigenvalue weighted by atomic mass is 9.85. The number of nitrogens with zero attached hydrogens (tertiary/aromatic N) is 4. The summed E-state index contributed by atoms with van der Waals surface area (Å²) in [7, 11) is -0.609. The zero-order valence-corrected chi connectivity index (χ0v) is 19.8. The molecule has 0 spiro atoms. The van der Waals surface area contributed by atoms with E-state index in [1.54, 1.807) is 25.6 Å². The number of methoxy groups -OCH3 is 1. The van der Waals surface area contributed by atoms with Crippen LogP contribution in [0.5, 0.6) is 0 Å². The number of aliphatic hydroxyl groups is 1. The van der Waals surface area contributed by atoms with Crippen LogP contribution in [-0.4, -0.2) is 66.0 Å². The Morgan fingerprint density at radius 2 is 1.97 bits per heavy atom. The molecule has 10 nitrogen and oxygen atoms in total. The number of hydrogen-bond acceptors (Lipinski definition) is 8. The summed E-state index contributed by atoms with van der Waals surface area (Å²) in [6.07, 6.45) is 7.64. The molecular formula is C22H30N6O4S. The highest BCUT2D eigenvalue weighted by Crippen LogP contribution is 2.37. The van der Waals surface area contributed by atoms with E-state index in [-0.39, 0.29) is 23.0 Å². The first kappa shape index (κ1) is 23.6. The first-order valence-corrected chi connectivity index (χ1v) is 12.5. The van der Waals surface area contributed by atoms with E-state index in [1.807, 2.05) is 17.5 Å². The molecule has 3 N–H and O–H groups in total. The van der Waals surface area contributed by atoms with Gasteiger partial charge in [-0.1, -0.05) is 0 Å². The van der Waals surface area contributed by atoms with E-state index >= 15 is 0 Å². The molecule has 178 valence electrons. The van der Waals surface area contributed by atoms with Gasteiger partial charge in [-0.15, -0.1) is 5.10 Å². The molecule has 3 heterocycles. The Labute approximate surface area is 193 Å². The van der Waals surface area contributed by atoms with Gasteiger partial charge in [0.25, 0.3) is 0 Å². The highest BCUT2D eigenvalue weighted by molar-refractivity contribution is 7.89. The normalized spacial score (nSPS) is 20.1. The van der Waals surface area contributed by atoms with Gasteiger partial charge >= 0.3 is 0 Å². The van der Waals surface area contributed by atoms with Crippen molar-refractivity contribution in [2.24, 2.45) is 0 Å². The minimum absolute atomic E-state index is 0.0309. The number of sulfonamides is 1. The summed E-state index contributed by atoms with van der Waals surface area (Å²) < 4.78 is 34.0. The van der Waals surface area contributed by atoms with Crippen molar-refractivity contribution in [2.75, 3.05) is 26.1 Å². The van der Waals surface area contributed by atoms with Crippen molar-refractivity contribution < 1.29 is 18.3 Å². The lowest BCUT2D eigenvalue weighted by Crippen LogP contribution is -2.23. The zero-order chi connectivity index (χ0) is 23.6. The van der Waals surface area contributed by atoms with E-state index in [4.69, 9.17) is 9.84 Å². The second-order valence-corrected chi connectivity index (χ2v) is 10.4. The SMILES string of the molecule is CNS(=O)(=O)c1cncc(-c2cc([C@H]3CC[C@H](O)CC3)n3nc(N[C@@H](C)COC)ncc23)c1. The molecule has 33 heavy (non-hydrogen) atoms. The Balaban J connectivity index is 1.81. The standard InChI is InChI=1S/C22H30N6O4S/c1-14(13-32-3)26-22-25-12-21-19(16-8-18(11-24-10-16)33(30,31)23-2)9-20(28(21)27-22)15-4-6-17(29)7-5-15/h8-12,14-15,17,23,29H,4-7,13H2,1-3H3,(H,26,27)/t14-,15-,17-/m0/s1. The van der Waals surface area contributed by atoms with Crippen LogP contribution in [-0.2, 0) is 14.8 Å². The Morgan fingerprint density at radius 1 is 1.21 bits per heavy atom. The maximum Gasteiger partial charge on any atom is 0.241 e. The van der Waals surface area contributed by atoms with Crippen LogP contribution in [0.15, 0.2) is 35.6 Å². The number of aliphatic hydroxyl groups excluding tert-OH is 1. The summed E-state index contributed by atoms with van der Waals surface area (Å²) in [5.74, 6) is 0.710. The number of aromatic nitrogens is 4. The average Bonchev–Trinajstić information content (AvgIpc) is 3.18. The van der Waals surface area contributed by atoms with Crippen LogP contribution in [0.4, 0.5) is 5.95 Å². The third-order valence-corrected chi connectivity index (χ3v) is 7.44. The smallest absolute Gasteiger partial charge is 0.241 e. The fraction of sp³-hybridized carbons (Fsp3) is 0.500. The third kappa shape index (κ3) is 5.01. The van der Waals surface area contributed by atoms with Crippen molar-refractivity contribution in [3.05, 3.63) is 36.4 Å². The first-order valence-electron chi connectivity index (χ1n) is 11.0. The van der Waals surface area contributed by atoms with E-state index in [0.717, 1.165) is 42.5 Å². The summed E-state index contributed by atoms with van der Waals surface area (Å²) in [5.41, 5.74) is 3.26. The largest absolute Gasteiger partial charge is 0.393 e. The molecule has 0 aliphatic heterocycles. The molecule has 1 aliphatic carbocycles. The molecule has 3 aromatic rings. The van der Waals surface area contributed by atoms with Crippen LogP contribution < -0.4 is 10.0 Å². The number of fused-ring (bicyclic) bond motifs is 1. The van der Waals surface area contributed by atoms with Crippen LogP contribution in [0.25, 0.3) is 16.6 Å². The molecule has 11 heteroatoms. The van der Waals surface area contributed by atoms with E-state index in [1.165, 1.54) is 13.2 Å². The Bertz CT molecular complexity index is 1220. The molecule has 1 fully saturated rings. The molecule has 0 bridgehead atoms. The first-order chi connectivity index (χ1) is 15.8. The van der Waals surface area contributed by atoms with Crippen LogP contribution in [0.2, 0.25) is 0 Å². The average molecular weight is 475 g/mol. The zero-order valence-electron chi connectivity index (χ0n) is 19.0. The van der Waals surface area contributed by atoms with Crippen LogP contribution >= 0.6 is 0 Å². The molecule has 0 radical (unpaired) electrons. The third-order valence-electron chi connectivity index (χ3n) is 6.06. The van der Waals surface area contributed by atoms with Crippen LogP contribution in [0.1, 0.15) is 44.2 Å². The monoisotopic (exact) mass is 474 g/mol. The van der Waals surface area contributed by atoms with Crippen molar-refractivity contribution in [3.63, 3.8) is 0 Å². The number of hydrogen-bond donors (Lipinski definition) is 3. The molecule has 0 amide bonds. The van der Waals surface area contributed by atoms with Crippen LogP contribution in [0.3, 0.4) is 0 Å². The quantitative estimate of drug-likeness (QED) is 0.453. The van der Waals surface area contributed by atoms with Gasteiger partial charge in [0, 0.05) is 48.3 Å². The van der Waals surface area contributed by atoms with Gasteiger partial charge in [0.05, 0.1) is 24.4 Å². The minimum atomic E-state index is -3.63. The van der Waals surface area contributed by atoms with Gasteiger partial charge in [-0.3, -0.25) is 4.98 Å². The van der Waals surface area contributed by atoms with Gasteiger partial charge in [-0.25, -0.2) is 22.6 Å². The summed E-state index contributed by atoms with van der Waals surface area (Å²) in [6, 6.07) is 3.68. The fourth-order valence-corrected chi connectivity index (χ4v) is 5.03. The van der Waals surface area contributed by atoms with E-state index in [0.29, 0.717) is 18.1 Å². The molecule has 1 atom stereocenters. The van der Waals surface area contributed by atoms with E-state index < -0.39 is 10.0 Å². The molecule has 0 saturated heterocycles. The Morgan fingerprint density at radius 3 is 2.67 bits per heavy atom. The van der Waals surface area contributed by atoms with Crippen molar-refractivity contribution in [1.29, 1.82) is 0 Å². The van der Waals surface area contributed by atoms with Gasteiger partial charge in [-0.05, 0) is 51.8 Å².